The second-order valence-electron chi connectivity index (χ2n) is 4.76. The van der Waals surface area contributed by atoms with Crippen molar-refractivity contribution in [1.82, 2.24) is 20.4 Å². The van der Waals surface area contributed by atoms with Gasteiger partial charge in [0.05, 0.1) is 17.9 Å². The second kappa shape index (κ2) is 3.28. The summed E-state index contributed by atoms with van der Waals surface area (Å²) in [6.07, 6.45) is 5.96. The molecule has 5 nitrogen and oxygen atoms in total. The smallest absolute Gasteiger partial charge is 0.0769 e. The van der Waals surface area contributed by atoms with Crippen molar-refractivity contribution in [2.45, 2.75) is 25.3 Å². The maximum Gasteiger partial charge on any atom is 0.0769 e. The van der Waals surface area contributed by atoms with Crippen LogP contribution < -0.4 is 11.3 Å². The SMILES string of the molecule is Cn1nncc1C(NN)C1C2CCCC21. The zero-order valence-electron chi connectivity index (χ0n) is 8.93. The number of rotatable bonds is 3. The van der Waals surface area contributed by atoms with Crippen molar-refractivity contribution in [1.29, 1.82) is 0 Å². The Balaban J connectivity index is 1.81. The van der Waals surface area contributed by atoms with Crippen molar-refractivity contribution >= 4 is 0 Å². The largest absolute Gasteiger partial charge is 0.271 e. The van der Waals surface area contributed by atoms with Gasteiger partial charge in [-0.3, -0.25) is 16.0 Å². The maximum atomic E-state index is 5.66. The minimum absolute atomic E-state index is 0.236. The Hall–Kier alpha value is -0.940. The number of hydrazine groups is 1. The highest BCUT2D eigenvalue weighted by Gasteiger charge is 2.56. The number of fused-ring (bicyclic) bond motifs is 1. The Bertz CT molecular complexity index is 350. The summed E-state index contributed by atoms with van der Waals surface area (Å²) in [7, 11) is 1.92. The molecule has 3 N–H and O–H groups in total. The van der Waals surface area contributed by atoms with E-state index < -0.39 is 0 Å². The molecule has 2 saturated carbocycles. The van der Waals surface area contributed by atoms with Crippen LogP contribution in [0.3, 0.4) is 0 Å². The van der Waals surface area contributed by atoms with Gasteiger partial charge in [0.25, 0.3) is 0 Å². The van der Waals surface area contributed by atoms with E-state index in [1.165, 1.54) is 19.3 Å². The quantitative estimate of drug-likeness (QED) is 0.555. The maximum absolute atomic E-state index is 5.66. The molecular weight excluding hydrogens is 190 g/mol. The molecule has 0 aliphatic heterocycles. The fourth-order valence-electron chi connectivity index (χ4n) is 3.34. The Morgan fingerprint density at radius 3 is 2.80 bits per heavy atom. The molecule has 0 aromatic carbocycles. The third kappa shape index (κ3) is 1.30. The molecule has 2 aliphatic rings. The molecule has 3 rings (SSSR count). The minimum Gasteiger partial charge on any atom is -0.271 e. The van der Waals surface area contributed by atoms with Crippen LogP contribution in [0, 0.1) is 17.8 Å². The third-order valence-corrected chi connectivity index (χ3v) is 4.11. The zero-order chi connectivity index (χ0) is 10.4. The van der Waals surface area contributed by atoms with Crippen LogP contribution in [-0.4, -0.2) is 15.0 Å². The number of nitrogens with two attached hydrogens (primary N) is 1. The summed E-state index contributed by atoms with van der Waals surface area (Å²) in [6.45, 7) is 0. The lowest BCUT2D eigenvalue weighted by molar-refractivity contribution is 0.403. The molecular formula is C10H17N5. The van der Waals surface area contributed by atoms with Gasteiger partial charge in [-0.25, -0.2) is 0 Å². The first-order valence-electron chi connectivity index (χ1n) is 5.63. The number of hydrogen-bond donors (Lipinski definition) is 2. The standard InChI is InChI=1S/C10H17N5/c1-15-8(5-12-14-15)10(13-11)9-6-3-2-4-7(6)9/h5-7,9-10,13H,2-4,11H2,1H3. The predicted octanol–water partition coefficient (Wildman–Crippen LogP) is 0.366. The molecule has 3 unspecified atom stereocenters. The molecule has 2 aliphatic carbocycles. The second-order valence-corrected chi connectivity index (χ2v) is 4.76. The summed E-state index contributed by atoms with van der Waals surface area (Å²) >= 11 is 0. The molecule has 0 amide bonds. The number of aryl methyl sites for hydroxylation is 1. The zero-order valence-corrected chi connectivity index (χ0v) is 8.93. The molecule has 0 radical (unpaired) electrons. The lowest BCUT2D eigenvalue weighted by Crippen LogP contribution is -2.32. The summed E-state index contributed by atoms with van der Waals surface area (Å²) in [4.78, 5) is 0. The van der Waals surface area contributed by atoms with E-state index >= 15 is 0 Å². The molecule has 5 heteroatoms. The van der Waals surface area contributed by atoms with Gasteiger partial charge in [0, 0.05) is 7.05 Å². The molecule has 3 atom stereocenters. The van der Waals surface area contributed by atoms with Gasteiger partial charge < -0.3 is 0 Å². The fourth-order valence-corrected chi connectivity index (χ4v) is 3.34. The van der Waals surface area contributed by atoms with Crippen molar-refractivity contribution in [3.63, 3.8) is 0 Å². The number of nitrogens with one attached hydrogen (secondary N) is 1. The Labute approximate surface area is 89.0 Å². The average molecular weight is 207 g/mol. The monoisotopic (exact) mass is 207 g/mol. The van der Waals surface area contributed by atoms with Crippen molar-refractivity contribution in [3.05, 3.63) is 11.9 Å². The molecule has 1 aromatic heterocycles. The van der Waals surface area contributed by atoms with Crippen LogP contribution in [-0.2, 0) is 7.05 Å². The van der Waals surface area contributed by atoms with Crippen molar-refractivity contribution in [2.24, 2.45) is 30.6 Å². The molecule has 82 valence electrons. The highest BCUT2D eigenvalue weighted by Crippen LogP contribution is 2.61. The molecule has 1 aromatic rings. The van der Waals surface area contributed by atoms with Gasteiger partial charge >= 0.3 is 0 Å². The van der Waals surface area contributed by atoms with Crippen LogP contribution >= 0.6 is 0 Å². The van der Waals surface area contributed by atoms with E-state index in [9.17, 15) is 0 Å². The normalized spacial score (nSPS) is 35.2. The van der Waals surface area contributed by atoms with Crippen LogP contribution in [0.4, 0.5) is 0 Å². The molecule has 0 bridgehead atoms. The Morgan fingerprint density at radius 2 is 2.27 bits per heavy atom. The van der Waals surface area contributed by atoms with Gasteiger partial charge in [0.2, 0.25) is 0 Å². The Morgan fingerprint density at radius 1 is 1.53 bits per heavy atom. The molecule has 1 heterocycles. The van der Waals surface area contributed by atoms with Crippen molar-refractivity contribution in [3.8, 4) is 0 Å². The molecule has 15 heavy (non-hydrogen) atoms. The number of nitrogens with zero attached hydrogens (tertiary/aromatic N) is 3. The van der Waals surface area contributed by atoms with E-state index in [4.69, 9.17) is 5.84 Å². The van der Waals surface area contributed by atoms with Crippen LogP contribution in [0.5, 0.6) is 0 Å². The van der Waals surface area contributed by atoms with E-state index in [-0.39, 0.29) is 6.04 Å². The lowest BCUT2D eigenvalue weighted by atomic mass is 10.0. The first kappa shape index (κ1) is 9.30. The van der Waals surface area contributed by atoms with E-state index in [0.29, 0.717) is 5.92 Å². The first-order chi connectivity index (χ1) is 7.33. The summed E-state index contributed by atoms with van der Waals surface area (Å²) in [5.41, 5.74) is 4.04. The summed E-state index contributed by atoms with van der Waals surface area (Å²) in [6, 6.07) is 0.236. The third-order valence-electron chi connectivity index (χ3n) is 4.11. The summed E-state index contributed by atoms with van der Waals surface area (Å²) in [5.74, 6) is 8.15. The van der Waals surface area contributed by atoms with Crippen LogP contribution in [0.2, 0.25) is 0 Å². The van der Waals surface area contributed by atoms with Crippen LogP contribution in [0.1, 0.15) is 31.0 Å². The predicted molar refractivity (Wildman–Crippen MR) is 55.4 cm³/mol. The summed E-state index contributed by atoms with van der Waals surface area (Å²) < 4.78 is 1.82. The average Bonchev–Trinajstić information content (AvgIpc) is 2.66. The van der Waals surface area contributed by atoms with Crippen molar-refractivity contribution in [2.75, 3.05) is 0 Å². The van der Waals surface area contributed by atoms with E-state index in [1.807, 2.05) is 17.9 Å². The highest BCUT2D eigenvalue weighted by atomic mass is 15.4. The van der Waals surface area contributed by atoms with Crippen LogP contribution in [0.15, 0.2) is 6.20 Å². The van der Waals surface area contributed by atoms with Gasteiger partial charge in [-0.2, -0.15) is 0 Å². The molecule has 0 saturated heterocycles. The summed E-state index contributed by atoms with van der Waals surface area (Å²) in [5, 5.41) is 7.87. The topological polar surface area (TPSA) is 68.8 Å². The molecule has 2 fully saturated rings. The number of hydrogen-bond acceptors (Lipinski definition) is 4. The van der Waals surface area contributed by atoms with E-state index in [1.54, 1.807) is 0 Å². The molecule has 0 spiro atoms. The number of aromatic nitrogens is 3. The fraction of sp³-hybridized carbons (Fsp3) is 0.800. The van der Waals surface area contributed by atoms with Crippen LogP contribution in [0.25, 0.3) is 0 Å². The Kier molecular flexibility index (Phi) is 2.03. The van der Waals surface area contributed by atoms with Crippen molar-refractivity contribution < 1.29 is 0 Å². The van der Waals surface area contributed by atoms with E-state index in [2.05, 4.69) is 15.7 Å². The van der Waals surface area contributed by atoms with Gasteiger partial charge in [0.1, 0.15) is 0 Å². The first-order valence-corrected chi connectivity index (χ1v) is 5.63. The van der Waals surface area contributed by atoms with Gasteiger partial charge in [-0.05, 0) is 30.6 Å². The van der Waals surface area contributed by atoms with Gasteiger partial charge in [-0.15, -0.1) is 5.10 Å². The van der Waals surface area contributed by atoms with Gasteiger partial charge in [0.15, 0.2) is 0 Å². The minimum atomic E-state index is 0.236. The van der Waals surface area contributed by atoms with Gasteiger partial charge in [-0.1, -0.05) is 11.6 Å². The highest BCUT2D eigenvalue weighted by molar-refractivity contribution is 5.14. The van der Waals surface area contributed by atoms with E-state index in [0.717, 1.165) is 17.5 Å². The lowest BCUT2D eigenvalue weighted by Gasteiger charge is -2.17.